The van der Waals surface area contributed by atoms with E-state index < -0.39 is 5.92 Å². The highest BCUT2D eigenvalue weighted by Gasteiger charge is 2.26. The van der Waals surface area contributed by atoms with Crippen molar-refractivity contribution < 1.29 is 19.4 Å². The van der Waals surface area contributed by atoms with Gasteiger partial charge in [0.05, 0.1) is 14.2 Å². The summed E-state index contributed by atoms with van der Waals surface area (Å²) in [5.74, 6) is 0.265. The van der Waals surface area contributed by atoms with Gasteiger partial charge < -0.3 is 19.9 Å². The zero-order valence-electron chi connectivity index (χ0n) is 14.8. The molecule has 9 heteroatoms. The third kappa shape index (κ3) is 4.32. The predicted octanol–water partition coefficient (Wildman–Crippen LogP) is 1.89. The number of nitrogens with one attached hydrogen (secondary N) is 2. The van der Waals surface area contributed by atoms with E-state index in [4.69, 9.17) is 9.47 Å². The highest BCUT2D eigenvalue weighted by molar-refractivity contribution is 5.95. The lowest BCUT2D eigenvalue weighted by molar-refractivity contribution is -0.117. The highest BCUT2D eigenvalue weighted by atomic mass is 16.5. The predicted molar refractivity (Wildman–Crippen MR) is 96.9 cm³/mol. The second kappa shape index (κ2) is 8.17. The van der Waals surface area contributed by atoms with Gasteiger partial charge in [-0.2, -0.15) is 5.21 Å². The number of aromatic amines is 1. The van der Waals surface area contributed by atoms with E-state index in [9.17, 15) is 9.90 Å². The normalized spacial score (nSPS) is 11.6. The Morgan fingerprint density at radius 1 is 1.22 bits per heavy atom. The molecule has 1 aromatic heterocycles. The van der Waals surface area contributed by atoms with Gasteiger partial charge in [0.15, 0.2) is 17.3 Å². The number of tetrazole rings is 1. The molecule has 0 spiro atoms. The van der Waals surface area contributed by atoms with Gasteiger partial charge >= 0.3 is 0 Å². The molecule has 1 atom stereocenters. The second-order valence-corrected chi connectivity index (χ2v) is 5.75. The number of methoxy groups -OCH3 is 2. The molecular formula is C18H19N5O4. The fourth-order valence-electron chi connectivity index (χ4n) is 2.63. The van der Waals surface area contributed by atoms with Crippen molar-refractivity contribution in [3.05, 3.63) is 53.9 Å². The Morgan fingerprint density at radius 3 is 2.78 bits per heavy atom. The van der Waals surface area contributed by atoms with Crippen molar-refractivity contribution in [3.63, 3.8) is 0 Å². The number of aromatic hydroxyl groups is 1. The number of phenolic OH excluding ortho intramolecular Hbond substituents is 1. The van der Waals surface area contributed by atoms with Crippen molar-refractivity contribution in [1.82, 2.24) is 20.6 Å². The number of carbonyl (C=O) groups is 1. The van der Waals surface area contributed by atoms with Gasteiger partial charge in [0, 0.05) is 11.8 Å². The average molecular weight is 369 g/mol. The van der Waals surface area contributed by atoms with Crippen LogP contribution in [-0.2, 0) is 11.2 Å². The molecule has 3 rings (SSSR count). The van der Waals surface area contributed by atoms with Crippen molar-refractivity contribution in [2.24, 2.45) is 0 Å². The Labute approximate surface area is 155 Å². The number of nitrogens with zero attached hydrogens (tertiary/aromatic N) is 3. The fourth-order valence-corrected chi connectivity index (χ4v) is 2.63. The maximum atomic E-state index is 12.9. The van der Waals surface area contributed by atoms with Crippen molar-refractivity contribution in [3.8, 4) is 17.2 Å². The minimum atomic E-state index is -0.691. The first-order valence-electron chi connectivity index (χ1n) is 8.15. The number of hydrogen-bond acceptors (Lipinski definition) is 7. The molecule has 0 aliphatic rings. The summed E-state index contributed by atoms with van der Waals surface area (Å²) in [6, 6.07) is 11.9. The molecule has 0 saturated heterocycles. The van der Waals surface area contributed by atoms with Gasteiger partial charge in [-0.05, 0) is 36.2 Å². The molecule has 1 amide bonds. The van der Waals surface area contributed by atoms with E-state index in [0.717, 1.165) is 5.56 Å². The first-order chi connectivity index (χ1) is 13.1. The van der Waals surface area contributed by atoms with Crippen LogP contribution in [0, 0.1) is 0 Å². The van der Waals surface area contributed by atoms with Gasteiger partial charge in [-0.15, -0.1) is 10.2 Å². The van der Waals surface area contributed by atoms with Crippen molar-refractivity contribution in [2.45, 2.75) is 12.3 Å². The monoisotopic (exact) mass is 369 g/mol. The van der Waals surface area contributed by atoms with E-state index in [-0.39, 0.29) is 17.5 Å². The van der Waals surface area contributed by atoms with Crippen LogP contribution < -0.4 is 14.8 Å². The third-order valence-corrected chi connectivity index (χ3v) is 4.01. The summed E-state index contributed by atoms with van der Waals surface area (Å²) in [6.45, 7) is 0. The minimum absolute atomic E-state index is 0.0261. The second-order valence-electron chi connectivity index (χ2n) is 5.75. The molecular weight excluding hydrogens is 350 g/mol. The average Bonchev–Trinajstić information content (AvgIpc) is 3.21. The Hall–Kier alpha value is -3.62. The number of phenols is 1. The smallest absolute Gasteiger partial charge is 0.235 e. The lowest BCUT2D eigenvalue weighted by atomic mass is 9.97. The molecule has 0 aliphatic heterocycles. The Morgan fingerprint density at radius 2 is 2.07 bits per heavy atom. The summed E-state index contributed by atoms with van der Waals surface area (Å²) in [5, 5.41) is 26.4. The van der Waals surface area contributed by atoms with E-state index in [0.29, 0.717) is 23.6 Å². The Kier molecular flexibility index (Phi) is 5.50. The van der Waals surface area contributed by atoms with Crippen LogP contribution in [0.4, 0.5) is 5.69 Å². The van der Waals surface area contributed by atoms with Crippen molar-refractivity contribution >= 4 is 11.6 Å². The third-order valence-electron chi connectivity index (χ3n) is 4.01. The molecule has 0 unspecified atom stereocenters. The van der Waals surface area contributed by atoms with Crippen molar-refractivity contribution in [2.75, 3.05) is 19.5 Å². The topological polar surface area (TPSA) is 122 Å². The number of aromatic nitrogens is 4. The molecule has 9 nitrogen and oxygen atoms in total. The van der Waals surface area contributed by atoms with Gasteiger partial charge in [-0.25, -0.2) is 0 Å². The van der Waals surface area contributed by atoms with Gasteiger partial charge in [-0.3, -0.25) is 4.79 Å². The molecule has 0 aliphatic carbocycles. The van der Waals surface area contributed by atoms with Gasteiger partial charge in [-0.1, -0.05) is 17.3 Å². The number of H-pyrrole nitrogens is 1. The number of anilines is 1. The molecule has 1 heterocycles. The van der Waals surface area contributed by atoms with Gasteiger partial charge in [0.1, 0.15) is 11.7 Å². The number of ether oxygens (including phenoxy) is 2. The summed E-state index contributed by atoms with van der Waals surface area (Å²) in [6.07, 6.45) is 0.298. The van der Waals surface area contributed by atoms with E-state index >= 15 is 0 Å². The van der Waals surface area contributed by atoms with Crippen LogP contribution in [0.2, 0.25) is 0 Å². The number of hydrogen-bond donors (Lipinski definition) is 3. The minimum Gasteiger partial charge on any atom is -0.504 e. The first kappa shape index (κ1) is 18.2. The molecule has 2 aromatic carbocycles. The van der Waals surface area contributed by atoms with Crippen LogP contribution in [0.15, 0.2) is 42.5 Å². The number of benzene rings is 2. The zero-order valence-corrected chi connectivity index (χ0v) is 14.8. The van der Waals surface area contributed by atoms with Crippen LogP contribution in [0.1, 0.15) is 17.3 Å². The highest BCUT2D eigenvalue weighted by Crippen LogP contribution is 2.29. The van der Waals surface area contributed by atoms with Crippen LogP contribution in [-0.4, -0.2) is 45.9 Å². The van der Waals surface area contributed by atoms with Crippen LogP contribution in [0.5, 0.6) is 17.2 Å². The maximum absolute atomic E-state index is 12.9. The molecule has 3 aromatic rings. The molecule has 27 heavy (non-hydrogen) atoms. The van der Waals surface area contributed by atoms with E-state index in [1.54, 1.807) is 43.5 Å². The van der Waals surface area contributed by atoms with E-state index in [1.807, 2.05) is 0 Å². The molecule has 0 saturated carbocycles. The summed E-state index contributed by atoms with van der Waals surface area (Å²) >= 11 is 0. The number of carbonyl (C=O) groups excluding carboxylic acids is 1. The number of rotatable bonds is 7. The summed E-state index contributed by atoms with van der Waals surface area (Å²) in [5.41, 5.74) is 1.37. The molecule has 0 bridgehead atoms. The zero-order chi connectivity index (χ0) is 19.2. The van der Waals surface area contributed by atoms with E-state index in [2.05, 4.69) is 25.9 Å². The SMILES string of the molecule is COc1cccc(NC(=O)[C@H](Cc2ccc(O)c(OC)c2)c2nn[nH]n2)c1. The summed E-state index contributed by atoms with van der Waals surface area (Å²) < 4.78 is 10.3. The summed E-state index contributed by atoms with van der Waals surface area (Å²) in [4.78, 5) is 12.9. The quantitative estimate of drug-likeness (QED) is 0.581. The lowest BCUT2D eigenvalue weighted by Gasteiger charge is -2.15. The number of amides is 1. The Bertz CT molecular complexity index is 914. The van der Waals surface area contributed by atoms with E-state index in [1.165, 1.54) is 13.2 Å². The van der Waals surface area contributed by atoms with Crippen LogP contribution >= 0.6 is 0 Å². The largest absolute Gasteiger partial charge is 0.504 e. The first-order valence-corrected chi connectivity index (χ1v) is 8.15. The molecule has 0 fully saturated rings. The van der Waals surface area contributed by atoms with Crippen molar-refractivity contribution in [1.29, 1.82) is 0 Å². The fraction of sp³-hybridized carbons (Fsp3) is 0.222. The Balaban J connectivity index is 1.84. The standard InChI is InChI=1S/C18H19N5O4/c1-26-13-5-3-4-12(10-13)19-18(25)14(17-20-22-23-21-17)8-11-6-7-15(24)16(9-11)27-2/h3-7,9-10,14,24H,8H2,1-2H3,(H,19,25)(H,20,21,22,23)/t14-/m1/s1. The lowest BCUT2D eigenvalue weighted by Crippen LogP contribution is -2.24. The van der Waals surface area contributed by atoms with Crippen LogP contribution in [0.3, 0.4) is 0 Å². The summed E-state index contributed by atoms with van der Waals surface area (Å²) in [7, 11) is 3.02. The van der Waals surface area contributed by atoms with Crippen LogP contribution in [0.25, 0.3) is 0 Å². The molecule has 140 valence electrons. The van der Waals surface area contributed by atoms with Gasteiger partial charge in [0.25, 0.3) is 0 Å². The van der Waals surface area contributed by atoms with Gasteiger partial charge in [0.2, 0.25) is 5.91 Å². The molecule has 0 radical (unpaired) electrons. The maximum Gasteiger partial charge on any atom is 0.235 e. The molecule has 3 N–H and O–H groups in total.